The first-order valence-corrected chi connectivity index (χ1v) is 8.60. The molecular formula is C14H20F2N2O2S. The maximum absolute atomic E-state index is 12.5. The molecule has 4 nitrogen and oxygen atoms in total. The summed E-state index contributed by atoms with van der Waals surface area (Å²) in [6.45, 7) is 1.17. The fraction of sp³-hybridized carbons (Fsp3) is 0.571. The van der Waals surface area contributed by atoms with Gasteiger partial charge in [0.05, 0.1) is 4.90 Å². The third kappa shape index (κ3) is 3.52. The van der Waals surface area contributed by atoms with Crippen LogP contribution in [0.1, 0.15) is 25.7 Å². The first-order valence-electron chi connectivity index (χ1n) is 7.05. The van der Waals surface area contributed by atoms with E-state index in [2.05, 4.69) is 4.90 Å². The van der Waals surface area contributed by atoms with Gasteiger partial charge in [0.25, 0.3) is 0 Å². The van der Waals surface area contributed by atoms with E-state index in [9.17, 15) is 17.2 Å². The minimum atomic E-state index is -4.53. The zero-order valence-corrected chi connectivity index (χ0v) is 12.5. The van der Waals surface area contributed by atoms with Crippen molar-refractivity contribution in [1.29, 1.82) is 0 Å². The first kappa shape index (κ1) is 16.2. The summed E-state index contributed by atoms with van der Waals surface area (Å²) in [7, 11) is -4.53. The van der Waals surface area contributed by atoms with Gasteiger partial charge in [-0.1, -0.05) is 12.8 Å². The molecule has 1 fully saturated rings. The van der Waals surface area contributed by atoms with Crippen LogP contribution in [0.15, 0.2) is 29.2 Å². The molecular weight excluding hydrogens is 298 g/mol. The Bertz CT molecular complexity index is 555. The SMILES string of the molecule is NCCN(c1ccc(S(=O)(=O)C(F)F)cc1)C1CCCC1. The number of alkyl halides is 2. The molecule has 0 unspecified atom stereocenters. The summed E-state index contributed by atoms with van der Waals surface area (Å²) in [5.74, 6) is -3.39. The van der Waals surface area contributed by atoms with Crippen LogP contribution < -0.4 is 10.6 Å². The van der Waals surface area contributed by atoms with Crippen LogP contribution in [-0.4, -0.2) is 33.3 Å². The normalized spacial score (nSPS) is 16.6. The lowest BCUT2D eigenvalue weighted by Crippen LogP contribution is -2.37. The van der Waals surface area contributed by atoms with Crippen molar-refractivity contribution in [3.05, 3.63) is 24.3 Å². The van der Waals surface area contributed by atoms with Gasteiger partial charge in [-0.05, 0) is 37.1 Å². The van der Waals surface area contributed by atoms with Crippen molar-refractivity contribution >= 4 is 15.5 Å². The summed E-state index contributed by atoms with van der Waals surface area (Å²) >= 11 is 0. The molecule has 0 aliphatic heterocycles. The van der Waals surface area contributed by atoms with Crippen molar-refractivity contribution in [3.8, 4) is 0 Å². The van der Waals surface area contributed by atoms with Crippen LogP contribution in [-0.2, 0) is 9.84 Å². The molecule has 0 atom stereocenters. The van der Waals surface area contributed by atoms with Gasteiger partial charge in [0.15, 0.2) is 0 Å². The smallest absolute Gasteiger partial charge is 0.341 e. The maximum atomic E-state index is 12.5. The summed E-state index contributed by atoms with van der Waals surface area (Å²) in [4.78, 5) is 1.80. The molecule has 0 aromatic heterocycles. The molecule has 1 aromatic rings. The second kappa shape index (κ2) is 6.70. The topological polar surface area (TPSA) is 63.4 Å². The quantitative estimate of drug-likeness (QED) is 0.875. The van der Waals surface area contributed by atoms with Gasteiger partial charge in [-0.15, -0.1) is 0 Å². The van der Waals surface area contributed by atoms with Crippen molar-refractivity contribution in [2.75, 3.05) is 18.0 Å². The molecule has 7 heteroatoms. The monoisotopic (exact) mass is 318 g/mol. The molecule has 0 amide bonds. The van der Waals surface area contributed by atoms with Gasteiger partial charge in [-0.25, -0.2) is 8.42 Å². The lowest BCUT2D eigenvalue weighted by Gasteiger charge is -2.31. The van der Waals surface area contributed by atoms with Gasteiger partial charge in [0.2, 0.25) is 9.84 Å². The number of rotatable bonds is 6. The molecule has 1 aliphatic rings. The van der Waals surface area contributed by atoms with Crippen molar-refractivity contribution in [2.45, 2.75) is 42.4 Å². The van der Waals surface area contributed by atoms with Crippen LogP contribution in [0.2, 0.25) is 0 Å². The Morgan fingerprint density at radius 1 is 1.19 bits per heavy atom. The number of hydrogen-bond acceptors (Lipinski definition) is 4. The number of nitrogens with two attached hydrogens (primary N) is 1. The molecule has 0 bridgehead atoms. The van der Waals surface area contributed by atoms with Crippen LogP contribution in [0.25, 0.3) is 0 Å². The van der Waals surface area contributed by atoms with Crippen molar-refractivity contribution in [3.63, 3.8) is 0 Å². The minimum Gasteiger partial charge on any atom is -0.367 e. The number of sulfone groups is 1. The molecule has 0 spiro atoms. The molecule has 0 radical (unpaired) electrons. The molecule has 1 aromatic carbocycles. The highest BCUT2D eigenvalue weighted by Gasteiger charge is 2.27. The summed E-state index contributed by atoms with van der Waals surface area (Å²) in [5.41, 5.74) is 6.47. The second-order valence-corrected chi connectivity index (χ2v) is 7.14. The Morgan fingerprint density at radius 2 is 1.76 bits per heavy atom. The number of anilines is 1. The minimum absolute atomic E-state index is 0.347. The zero-order valence-electron chi connectivity index (χ0n) is 11.7. The Kier molecular flexibility index (Phi) is 5.16. The van der Waals surface area contributed by atoms with E-state index in [1.807, 2.05) is 0 Å². The fourth-order valence-electron chi connectivity index (χ4n) is 2.81. The second-order valence-electron chi connectivity index (χ2n) is 5.22. The largest absolute Gasteiger partial charge is 0.367 e. The molecule has 1 saturated carbocycles. The molecule has 2 rings (SSSR count). The Balaban J connectivity index is 2.23. The molecule has 1 aliphatic carbocycles. The molecule has 0 saturated heterocycles. The Morgan fingerprint density at radius 3 is 2.24 bits per heavy atom. The molecule has 118 valence electrons. The molecule has 21 heavy (non-hydrogen) atoms. The van der Waals surface area contributed by atoms with Gasteiger partial charge in [-0.2, -0.15) is 8.78 Å². The van der Waals surface area contributed by atoms with Crippen molar-refractivity contribution in [1.82, 2.24) is 0 Å². The van der Waals surface area contributed by atoms with E-state index in [1.54, 1.807) is 12.1 Å². The standard InChI is InChI=1S/C14H20F2N2O2S/c15-14(16)21(19,20)13-7-5-12(6-8-13)18(10-9-17)11-3-1-2-4-11/h5-8,11,14H,1-4,9-10,17H2. The van der Waals surface area contributed by atoms with E-state index < -0.39 is 15.6 Å². The summed E-state index contributed by atoms with van der Waals surface area (Å²) < 4.78 is 47.8. The number of benzene rings is 1. The predicted octanol–water partition coefficient (Wildman–Crippen LogP) is 2.39. The third-order valence-corrected chi connectivity index (χ3v) is 5.27. The van der Waals surface area contributed by atoms with Crippen LogP contribution in [0.4, 0.5) is 14.5 Å². The molecule has 2 N–H and O–H groups in total. The van der Waals surface area contributed by atoms with Crippen LogP contribution in [0, 0.1) is 0 Å². The van der Waals surface area contributed by atoms with E-state index in [0.717, 1.165) is 18.5 Å². The van der Waals surface area contributed by atoms with Gasteiger partial charge >= 0.3 is 5.76 Å². The zero-order chi connectivity index (χ0) is 15.5. The van der Waals surface area contributed by atoms with Crippen molar-refractivity contribution in [2.24, 2.45) is 5.73 Å². The first-order chi connectivity index (χ1) is 9.96. The van der Waals surface area contributed by atoms with E-state index in [4.69, 9.17) is 5.73 Å². The van der Waals surface area contributed by atoms with Crippen LogP contribution in [0.5, 0.6) is 0 Å². The number of halogens is 2. The number of nitrogens with zero attached hydrogens (tertiary/aromatic N) is 1. The van der Waals surface area contributed by atoms with Crippen molar-refractivity contribution < 1.29 is 17.2 Å². The van der Waals surface area contributed by atoms with Gasteiger partial charge < -0.3 is 10.6 Å². The van der Waals surface area contributed by atoms with Crippen LogP contribution in [0.3, 0.4) is 0 Å². The Labute approximate surface area is 123 Å². The summed E-state index contributed by atoms with van der Waals surface area (Å²) in [6, 6.07) is 6.06. The highest BCUT2D eigenvalue weighted by molar-refractivity contribution is 7.91. The van der Waals surface area contributed by atoms with E-state index in [0.29, 0.717) is 19.1 Å². The fourth-order valence-corrected chi connectivity index (χ4v) is 3.53. The average Bonchev–Trinajstić information content (AvgIpc) is 2.98. The highest BCUT2D eigenvalue weighted by Crippen LogP contribution is 2.29. The Hall–Kier alpha value is -1.21. The third-order valence-electron chi connectivity index (χ3n) is 3.87. The van der Waals surface area contributed by atoms with E-state index >= 15 is 0 Å². The van der Waals surface area contributed by atoms with E-state index in [-0.39, 0.29) is 4.90 Å². The summed E-state index contributed by atoms with van der Waals surface area (Å²) in [6.07, 6.45) is 4.50. The molecule has 0 heterocycles. The maximum Gasteiger partial charge on any atom is 0.341 e. The lowest BCUT2D eigenvalue weighted by atomic mass is 10.1. The van der Waals surface area contributed by atoms with Gasteiger partial charge in [0.1, 0.15) is 0 Å². The van der Waals surface area contributed by atoms with Gasteiger partial charge in [0, 0.05) is 24.8 Å². The average molecular weight is 318 g/mol. The van der Waals surface area contributed by atoms with E-state index in [1.165, 1.54) is 25.0 Å². The summed E-state index contributed by atoms with van der Waals surface area (Å²) in [5, 5.41) is 0. The van der Waals surface area contributed by atoms with Crippen LogP contribution >= 0.6 is 0 Å². The number of hydrogen-bond donors (Lipinski definition) is 1. The highest BCUT2D eigenvalue weighted by atomic mass is 32.2. The lowest BCUT2D eigenvalue weighted by molar-refractivity contribution is 0.234. The predicted molar refractivity (Wildman–Crippen MR) is 78.3 cm³/mol. The van der Waals surface area contributed by atoms with Gasteiger partial charge in [-0.3, -0.25) is 0 Å².